The first-order valence-electron chi connectivity index (χ1n) is 7.70. The number of fused-ring (bicyclic) bond motifs is 1. The second-order valence-corrected chi connectivity index (χ2v) is 5.98. The third-order valence-electron chi connectivity index (χ3n) is 4.26. The molecule has 1 aromatic rings. The van der Waals surface area contributed by atoms with Crippen LogP contribution in [0.25, 0.3) is 0 Å². The van der Waals surface area contributed by atoms with Crippen molar-refractivity contribution in [3.63, 3.8) is 0 Å². The fourth-order valence-electron chi connectivity index (χ4n) is 3.05. The Morgan fingerprint density at radius 2 is 2.15 bits per heavy atom. The zero-order chi connectivity index (χ0) is 13.9. The molecule has 20 heavy (non-hydrogen) atoms. The topological polar surface area (TPSA) is 36.5 Å². The third kappa shape index (κ3) is 3.07. The molecule has 2 N–H and O–H groups in total. The highest BCUT2D eigenvalue weighted by Crippen LogP contribution is 2.30. The van der Waals surface area contributed by atoms with E-state index in [-0.39, 0.29) is 6.10 Å². The van der Waals surface area contributed by atoms with E-state index in [1.54, 1.807) is 0 Å². The lowest BCUT2D eigenvalue weighted by Crippen LogP contribution is -2.48. The Kier molecular flexibility index (Phi) is 4.13. The number of benzene rings is 1. The van der Waals surface area contributed by atoms with Gasteiger partial charge in [-0.05, 0) is 38.0 Å². The maximum absolute atomic E-state index is 5.83. The molecule has 1 fully saturated rings. The molecule has 0 amide bonds. The zero-order valence-corrected chi connectivity index (χ0v) is 12.5. The van der Waals surface area contributed by atoms with Gasteiger partial charge in [0.15, 0.2) is 0 Å². The molecular formula is C16H25N3O. The number of ether oxygens (including phenoxy) is 1. The van der Waals surface area contributed by atoms with E-state index >= 15 is 0 Å². The van der Waals surface area contributed by atoms with Crippen LogP contribution < -0.4 is 15.4 Å². The molecule has 0 bridgehead atoms. The highest BCUT2D eigenvalue weighted by atomic mass is 16.5. The van der Waals surface area contributed by atoms with Gasteiger partial charge in [0.2, 0.25) is 0 Å². The van der Waals surface area contributed by atoms with Crippen LogP contribution >= 0.6 is 0 Å². The molecule has 0 saturated carbocycles. The highest BCUT2D eigenvalue weighted by Gasteiger charge is 2.19. The molecule has 2 atom stereocenters. The Labute approximate surface area is 121 Å². The molecule has 110 valence electrons. The van der Waals surface area contributed by atoms with Gasteiger partial charge in [-0.1, -0.05) is 6.07 Å². The van der Waals surface area contributed by atoms with E-state index in [9.17, 15) is 0 Å². The second-order valence-electron chi connectivity index (χ2n) is 5.98. The minimum Gasteiger partial charge on any atom is -0.487 e. The van der Waals surface area contributed by atoms with Crippen molar-refractivity contribution in [2.75, 3.05) is 38.0 Å². The van der Waals surface area contributed by atoms with E-state index in [1.165, 1.54) is 5.56 Å². The van der Waals surface area contributed by atoms with Crippen LogP contribution in [0.1, 0.15) is 19.4 Å². The molecule has 0 spiro atoms. The van der Waals surface area contributed by atoms with E-state index in [2.05, 4.69) is 47.6 Å². The third-order valence-corrected chi connectivity index (χ3v) is 4.26. The summed E-state index contributed by atoms with van der Waals surface area (Å²) < 4.78 is 5.83. The summed E-state index contributed by atoms with van der Waals surface area (Å²) in [7, 11) is 0. The minimum absolute atomic E-state index is 0.258. The molecule has 3 rings (SSSR count). The van der Waals surface area contributed by atoms with Crippen LogP contribution in [0.5, 0.6) is 5.75 Å². The van der Waals surface area contributed by atoms with Gasteiger partial charge in [-0.3, -0.25) is 4.90 Å². The number of piperazine rings is 1. The van der Waals surface area contributed by atoms with Crippen molar-refractivity contribution in [1.82, 2.24) is 10.2 Å². The van der Waals surface area contributed by atoms with Crippen LogP contribution in [0.15, 0.2) is 18.2 Å². The summed E-state index contributed by atoms with van der Waals surface area (Å²) in [6.07, 6.45) is 1.36. The average molecular weight is 275 g/mol. The van der Waals surface area contributed by atoms with Crippen LogP contribution in [0, 0.1) is 0 Å². The molecule has 2 aliphatic rings. The molecular weight excluding hydrogens is 250 g/mol. The van der Waals surface area contributed by atoms with Gasteiger partial charge < -0.3 is 15.4 Å². The van der Waals surface area contributed by atoms with Crippen molar-refractivity contribution >= 4 is 5.69 Å². The monoisotopic (exact) mass is 275 g/mol. The van der Waals surface area contributed by atoms with Crippen LogP contribution in [-0.4, -0.2) is 49.8 Å². The second kappa shape index (κ2) is 6.02. The maximum atomic E-state index is 5.83. The summed E-state index contributed by atoms with van der Waals surface area (Å²) >= 11 is 0. The van der Waals surface area contributed by atoms with Gasteiger partial charge in [0, 0.05) is 32.2 Å². The van der Waals surface area contributed by atoms with Gasteiger partial charge in [-0.25, -0.2) is 0 Å². The van der Waals surface area contributed by atoms with Gasteiger partial charge in [0.05, 0.1) is 12.2 Å². The van der Waals surface area contributed by atoms with Crippen molar-refractivity contribution in [3.05, 3.63) is 23.8 Å². The predicted octanol–water partition coefficient (Wildman–Crippen LogP) is 1.72. The number of hydrogen-bond acceptors (Lipinski definition) is 4. The number of rotatable bonds is 3. The zero-order valence-electron chi connectivity index (χ0n) is 12.5. The Morgan fingerprint density at radius 1 is 1.35 bits per heavy atom. The predicted molar refractivity (Wildman–Crippen MR) is 82.6 cm³/mol. The normalized spacial score (nSPS) is 24.4. The van der Waals surface area contributed by atoms with E-state index in [1.807, 2.05) is 0 Å². The molecule has 2 heterocycles. The molecule has 0 aromatic heterocycles. The van der Waals surface area contributed by atoms with Crippen molar-refractivity contribution in [2.24, 2.45) is 0 Å². The lowest BCUT2D eigenvalue weighted by Gasteiger charge is -2.33. The van der Waals surface area contributed by atoms with Gasteiger partial charge in [-0.2, -0.15) is 0 Å². The lowest BCUT2D eigenvalue weighted by atomic mass is 10.0. The lowest BCUT2D eigenvalue weighted by molar-refractivity contribution is 0.183. The van der Waals surface area contributed by atoms with Gasteiger partial charge in [-0.15, -0.1) is 0 Å². The Balaban J connectivity index is 1.65. The van der Waals surface area contributed by atoms with E-state index in [4.69, 9.17) is 4.74 Å². The summed E-state index contributed by atoms with van der Waals surface area (Å²) in [5, 5.41) is 6.87. The molecule has 0 radical (unpaired) electrons. The van der Waals surface area contributed by atoms with Crippen LogP contribution in [0.2, 0.25) is 0 Å². The van der Waals surface area contributed by atoms with Crippen LogP contribution in [-0.2, 0) is 6.42 Å². The molecule has 1 saturated heterocycles. The summed E-state index contributed by atoms with van der Waals surface area (Å²) in [5.41, 5.74) is 2.54. The summed E-state index contributed by atoms with van der Waals surface area (Å²) in [4.78, 5) is 2.57. The van der Waals surface area contributed by atoms with Gasteiger partial charge >= 0.3 is 0 Å². The first kappa shape index (κ1) is 13.7. The molecule has 4 heteroatoms. The number of nitrogens with zero attached hydrogens (tertiary/aromatic N) is 1. The average Bonchev–Trinajstić information content (AvgIpc) is 2.48. The molecule has 0 aliphatic carbocycles. The largest absolute Gasteiger partial charge is 0.487 e. The highest BCUT2D eigenvalue weighted by molar-refractivity contribution is 5.59. The summed E-state index contributed by atoms with van der Waals surface area (Å²) in [6, 6.07) is 7.16. The molecule has 2 unspecified atom stereocenters. The molecule has 4 nitrogen and oxygen atoms in total. The fourth-order valence-corrected chi connectivity index (χ4v) is 3.05. The van der Waals surface area contributed by atoms with Crippen LogP contribution in [0.4, 0.5) is 5.69 Å². The number of nitrogens with one attached hydrogen (secondary N) is 2. The number of hydrogen-bond donors (Lipinski definition) is 2. The van der Waals surface area contributed by atoms with Crippen molar-refractivity contribution in [2.45, 2.75) is 32.4 Å². The van der Waals surface area contributed by atoms with E-state index < -0.39 is 0 Å². The van der Waals surface area contributed by atoms with Gasteiger partial charge in [0.1, 0.15) is 11.9 Å². The summed E-state index contributed by atoms with van der Waals surface area (Å²) in [6.45, 7) is 9.86. The first-order chi connectivity index (χ1) is 9.72. The Bertz CT molecular complexity index is 457. The SMILES string of the molecule is CC1CNc2cc(CC(C)N3CCNCC3)ccc2O1. The quantitative estimate of drug-likeness (QED) is 0.880. The standard InChI is InChI=1S/C16H25N3O/c1-12(19-7-5-17-6-8-19)9-14-3-4-16-15(10-14)18-11-13(2)20-16/h3-4,10,12-13,17-18H,5-9,11H2,1-2H3. The van der Waals surface area contributed by atoms with Crippen molar-refractivity contribution in [3.8, 4) is 5.75 Å². The Morgan fingerprint density at radius 3 is 2.95 bits per heavy atom. The van der Waals surface area contributed by atoms with Gasteiger partial charge in [0.25, 0.3) is 0 Å². The van der Waals surface area contributed by atoms with E-state index in [0.29, 0.717) is 6.04 Å². The first-order valence-corrected chi connectivity index (χ1v) is 7.70. The van der Waals surface area contributed by atoms with Crippen LogP contribution in [0.3, 0.4) is 0 Å². The van der Waals surface area contributed by atoms with E-state index in [0.717, 1.165) is 50.6 Å². The maximum Gasteiger partial charge on any atom is 0.142 e. The molecule has 1 aromatic carbocycles. The Hall–Kier alpha value is -1.26. The van der Waals surface area contributed by atoms with Crippen molar-refractivity contribution < 1.29 is 4.74 Å². The van der Waals surface area contributed by atoms with Crippen molar-refractivity contribution in [1.29, 1.82) is 0 Å². The molecule has 2 aliphatic heterocycles. The minimum atomic E-state index is 0.258. The smallest absolute Gasteiger partial charge is 0.142 e. The summed E-state index contributed by atoms with van der Waals surface area (Å²) in [5.74, 6) is 0.988. The fraction of sp³-hybridized carbons (Fsp3) is 0.625. The number of anilines is 1.